The highest BCUT2D eigenvalue weighted by Crippen LogP contribution is 2.41. The van der Waals surface area contributed by atoms with Crippen LogP contribution < -0.4 is 0 Å². The smallest absolute Gasteiger partial charge is 0.211 e. The second kappa shape index (κ2) is 11.3. The lowest BCUT2D eigenvalue weighted by Crippen LogP contribution is -2.40. The Kier molecular flexibility index (Phi) is 9.32. The molecule has 2 saturated carbocycles. The van der Waals surface area contributed by atoms with Crippen molar-refractivity contribution < 1.29 is 8.42 Å². The topological polar surface area (TPSA) is 40.6 Å². The van der Waals surface area contributed by atoms with Crippen LogP contribution in [0.25, 0.3) is 0 Å². The van der Waals surface area contributed by atoms with E-state index in [9.17, 15) is 8.42 Å². The minimum absolute atomic E-state index is 0.741. The van der Waals surface area contributed by atoms with Crippen LogP contribution in [0.3, 0.4) is 0 Å². The Morgan fingerprint density at radius 1 is 0.806 bits per heavy atom. The van der Waals surface area contributed by atoms with Crippen molar-refractivity contribution in [2.45, 2.75) is 97.4 Å². The predicted octanol–water partition coefficient (Wildman–Crippen LogP) is 5.64. The number of hydrogen-bond acceptors (Lipinski definition) is 3. The molecule has 5 heteroatoms. The van der Waals surface area contributed by atoms with Gasteiger partial charge in [-0.05, 0) is 120 Å². The minimum Gasteiger partial charge on any atom is -0.303 e. The standard InChI is InChI=1S/C26H50N2O2S/c1-20(2)22-10-12-26(13-11-22)27(4)17-14-21(3)23-6-8-24(9-7-23)25-15-18-28(19-16-25)31(5,29)30/h20-26H,6-19H2,1-5H3. The normalized spacial score (nSPS) is 33.1. The lowest BCUT2D eigenvalue weighted by Gasteiger charge is -2.40. The molecule has 4 nitrogen and oxygen atoms in total. The van der Waals surface area contributed by atoms with Crippen molar-refractivity contribution in [2.75, 3.05) is 32.9 Å². The second-order valence-corrected chi connectivity index (χ2v) is 13.7. The quantitative estimate of drug-likeness (QED) is 0.477. The zero-order valence-electron chi connectivity index (χ0n) is 21.1. The lowest BCUT2D eigenvalue weighted by molar-refractivity contribution is 0.113. The Hall–Kier alpha value is -0.130. The Balaban J connectivity index is 1.34. The summed E-state index contributed by atoms with van der Waals surface area (Å²) in [6.07, 6.45) is 16.0. The van der Waals surface area contributed by atoms with Crippen LogP contribution in [-0.4, -0.2) is 56.6 Å². The van der Waals surface area contributed by atoms with Crippen LogP contribution in [0.4, 0.5) is 0 Å². The highest BCUT2D eigenvalue weighted by molar-refractivity contribution is 7.88. The van der Waals surface area contributed by atoms with Gasteiger partial charge in [-0.2, -0.15) is 0 Å². The first kappa shape index (κ1) is 25.5. The van der Waals surface area contributed by atoms with E-state index in [4.69, 9.17) is 0 Å². The fraction of sp³-hybridized carbons (Fsp3) is 1.00. The summed E-state index contributed by atoms with van der Waals surface area (Å²) >= 11 is 0. The van der Waals surface area contributed by atoms with E-state index in [-0.39, 0.29) is 0 Å². The molecule has 0 spiro atoms. The maximum atomic E-state index is 11.8. The predicted molar refractivity (Wildman–Crippen MR) is 132 cm³/mol. The van der Waals surface area contributed by atoms with Crippen LogP contribution in [0.15, 0.2) is 0 Å². The van der Waals surface area contributed by atoms with Gasteiger partial charge in [-0.1, -0.05) is 20.8 Å². The van der Waals surface area contributed by atoms with E-state index >= 15 is 0 Å². The van der Waals surface area contributed by atoms with Crippen molar-refractivity contribution in [1.82, 2.24) is 9.21 Å². The van der Waals surface area contributed by atoms with Crippen LogP contribution >= 0.6 is 0 Å². The molecule has 0 aromatic carbocycles. The molecule has 0 N–H and O–H groups in total. The fourth-order valence-corrected chi connectivity index (χ4v) is 7.77. The summed E-state index contributed by atoms with van der Waals surface area (Å²) in [6.45, 7) is 10.0. The SMILES string of the molecule is CC(C)C1CCC(N(C)CCC(C)C2CCC(C3CCN(S(C)(=O)=O)CC3)CC2)CC1. The zero-order chi connectivity index (χ0) is 22.6. The number of hydrogen-bond donors (Lipinski definition) is 0. The molecule has 3 aliphatic rings. The Labute approximate surface area is 193 Å². The molecule has 0 bridgehead atoms. The van der Waals surface area contributed by atoms with Gasteiger partial charge in [-0.15, -0.1) is 0 Å². The summed E-state index contributed by atoms with van der Waals surface area (Å²) in [5, 5.41) is 0. The van der Waals surface area contributed by atoms with Gasteiger partial charge in [0, 0.05) is 19.1 Å². The van der Waals surface area contributed by atoms with Gasteiger partial charge in [0.1, 0.15) is 0 Å². The molecule has 1 heterocycles. The van der Waals surface area contributed by atoms with Gasteiger partial charge >= 0.3 is 0 Å². The molecule has 31 heavy (non-hydrogen) atoms. The summed E-state index contributed by atoms with van der Waals surface area (Å²) in [5.41, 5.74) is 0. The Bertz CT molecular complexity index is 626. The summed E-state index contributed by atoms with van der Waals surface area (Å²) in [5.74, 6) is 5.14. The first-order chi connectivity index (χ1) is 14.6. The monoisotopic (exact) mass is 454 g/mol. The van der Waals surface area contributed by atoms with Gasteiger partial charge in [0.15, 0.2) is 0 Å². The summed E-state index contributed by atoms with van der Waals surface area (Å²) in [6, 6.07) is 0.815. The van der Waals surface area contributed by atoms with Gasteiger partial charge in [0.25, 0.3) is 0 Å². The lowest BCUT2D eigenvalue weighted by atomic mass is 9.70. The highest BCUT2D eigenvalue weighted by Gasteiger charge is 2.33. The van der Waals surface area contributed by atoms with Crippen molar-refractivity contribution >= 4 is 10.0 Å². The fourth-order valence-electron chi connectivity index (χ4n) is 6.90. The molecule has 0 amide bonds. The van der Waals surface area contributed by atoms with Gasteiger partial charge in [-0.3, -0.25) is 0 Å². The molecule has 3 fully saturated rings. The van der Waals surface area contributed by atoms with E-state index in [1.165, 1.54) is 70.6 Å². The molecule has 182 valence electrons. The first-order valence-electron chi connectivity index (χ1n) is 13.3. The maximum absolute atomic E-state index is 11.8. The molecule has 3 rings (SSSR count). The zero-order valence-corrected chi connectivity index (χ0v) is 21.9. The summed E-state index contributed by atoms with van der Waals surface area (Å²) in [4.78, 5) is 2.67. The van der Waals surface area contributed by atoms with Gasteiger partial charge in [0.05, 0.1) is 6.26 Å². The molecule has 1 aliphatic heterocycles. The third-order valence-electron chi connectivity index (χ3n) is 9.50. The van der Waals surface area contributed by atoms with E-state index in [2.05, 4.69) is 32.7 Å². The minimum atomic E-state index is -3.00. The second-order valence-electron chi connectivity index (χ2n) is 11.7. The third-order valence-corrected chi connectivity index (χ3v) is 10.8. The average molecular weight is 455 g/mol. The highest BCUT2D eigenvalue weighted by atomic mass is 32.2. The van der Waals surface area contributed by atoms with Crippen molar-refractivity contribution in [3.05, 3.63) is 0 Å². The van der Waals surface area contributed by atoms with Gasteiger partial charge in [0.2, 0.25) is 10.0 Å². The van der Waals surface area contributed by atoms with E-state index in [0.29, 0.717) is 0 Å². The van der Waals surface area contributed by atoms with E-state index in [1.807, 2.05) is 0 Å². The van der Waals surface area contributed by atoms with Crippen LogP contribution in [0.1, 0.15) is 91.4 Å². The van der Waals surface area contributed by atoms with Crippen molar-refractivity contribution in [3.63, 3.8) is 0 Å². The van der Waals surface area contributed by atoms with Crippen LogP contribution in [0.5, 0.6) is 0 Å². The first-order valence-corrected chi connectivity index (χ1v) is 15.1. The molecule has 1 atom stereocenters. The summed E-state index contributed by atoms with van der Waals surface area (Å²) in [7, 11) is -0.631. The van der Waals surface area contributed by atoms with Gasteiger partial charge < -0.3 is 4.90 Å². The van der Waals surface area contributed by atoms with E-state index in [0.717, 1.165) is 67.5 Å². The van der Waals surface area contributed by atoms with Crippen molar-refractivity contribution in [1.29, 1.82) is 0 Å². The number of piperidine rings is 1. The number of nitrogens with zero attached hydrogens (tertiary/aromatic N) is 2. The molecule has 0 aromatic heterocycles. The number of sulfonamides is 1. The Morgan fingerprint density at radius 3 is 1.84 bits per heavy atom. The molecule has 0 radical (unpaired) electrons. The van der Waals surface area contributed by atoms with Gasteiger partial charge in [-0.25, -0.2) is 12.7 Å². The third kappa shape index (κ3) is 7.17. The molecule has 1 saturated heterocycles. The summed E-state index contributed by atoms with van der Waals surface area (Å²) < 4.78 is 25.2. The van der Waals surface area contributed by atoms with Crippen LogP contribution in [0.2, 0.25) is 0 Å². The number of rotatable bonds is 8. The van der Waals surface area contributed by atoms with Crippen molar-refractivity contribution in [3.8, 4) is 0 Å². The molecule has 2 aliphatic carbocycles. The molecule has 1 unspecified atom stereocenters. The Morgan fingerprint density at radius 2 is 1.32 bits per heavy atom. The molecular weight excluding hydrogens is 404 g/mol. The maximum Gasteiger partial charge on any atom is 0.211 e. The molecule has 0 aromatic rings. The van der Waals surface area contributed by atoms with E-state index in [1.54, 1.807) is 4.31 Å². The average Bonchev–Trinajstić information content (AvgIpc) is 2.77. The van der Waals surface area contributed by atoms with E-state index < -0.39 is 10.0 Å². The largest absolute Gasteiger partial charge is 0.303 e. The molecular formula is C26H50N2O2S. The van der Waals surface area contributed by atoms with Crippen LogP contribution in [0, 0.1) is 35.5 Å². The van der Waals surface area contributed by atoms with Crippen LogP contribution in [-0.2, 0) is 10.0 Å². The van der Waals surface area contributed by atoms with Crippen molar-refractivity contribution in [2.24, 2.45) is 35.5 Å².